The molecule has 0 aromatic rings. The lowest BCUT2D eigenvalue weighted by Gasteiger charge is -2.08. The Hall–Kier alpha value is -0.570. The molecule has 0 radical (unpaired) electrons. The van der Waals surface area contributed by atoms with E-state index in [-0.39, 0.29) is 11.8 Å². The molecule has 0 saturated carbocycles. The maximum atomic E-state index is 11.1. The lowest BCUT2D eigenvalue weighted by atomic mass is 10.2. The maximum absolute atomic E-state index is 11.1. The van der Waals surface area contributed by atoms with Crippen molar-refractivity contribution in [1.82, 2.24) is 5.32 Å². The average Bonchev–Trinajstić information content (AvgIpc) is 2.09. The van der Waals surface area contributed by atoms with Gasteiger partial charge in [0.25, 0.3) is 0 Å². The van der Waals surface area contributed by atoms with Crippen LogP contribution in [0.3, 0.4) is 0 Å². The molecule has 0 aliphatic carbocycles. The highest BCUT2D eigenvalue weighted by Crippen LogP contribution is 1.94. The fraction of sp³-hybridized carbons (Fsp3) is 0.909. The third-order valence-electron chi connectivity index (χ3n) is 1.74. The summed E-state index contributed by atoms with van der Waals surface area (Å²) in [5, 5.41) is 2.85. The van der Waals surface area contributed by atoms with Crippen LogP contribution in [0.15, 0.2) is 0 Å². The highest BCUT2D eigenvalue weighted by atomic mass is 16.5. The van der Waals surface area contributed by atoms with Gasteiger partial charge in [-0.3, -0.25) is 4.79 Å². The summed E-state index contributed by atoms with van der Waals surface area (Å²) in [5.74, 6) is 0.778. The summed E-state index contributed by atoms with van der Waals surface area (Å²) in [5.41, 5.74) is 0. The fourth-order valence-electron chi connectivity index (χ4n) is 0.909. The number of nitrogens with one attached hydrogen (secondary N) is 1. The van der Waals surface area contributed by atoms with E-state index in [9.17, 15) is 4.79 Å². The molecule has 0 spiro atoms. The summed E-state index contributed by atoms with van der Waals surface area (Å²) >= 11 is 0. The average molecular weight is 201 g/mol. The minimum Gasteiger partial charge on any atom is -0.381 e. The van der Waals surface area contributed by atoms with Crippen LogP contribution < -0.4 is 5.32 Å². The van der Waals surface area contributed by atoms with Crippen LogP contribution in [0.1, 0.15) is 34.1 Å². The number of hydrogen-bond acceptors (Lipinski definition) is 2. The van der Waals surface area contributed by atoms with Crippen LogP contribution in [0.4, 0.5) is 0 Å². The lowest BCUT2D eigenvalue weighted by Crippen LogP contribution is -2.29. The molecule has 3 heteroatoms. The van der Waals surface area contributed by atoms with Crippen LogP contribution in [-0.4, -0.2) is 25.7 Å². The number of hydrogen-bond donors (Lipinski definition) is 1. The molecule has 1 N–H and O–H groups in total. The Bertz CT molecular complexity index is 155. The summed E-state index contributed by atoms with van der Waals surface area (Å²) < 4.78 is 5.39. The Morgan fingerprint density at radius 3 is 2.43 bits per heavy atom. The van der Waals surface area contributed by atoms with Gasteiger partial charge in [0, 0.05) is 25.7 Å². The topological polar surface area (TPSA) is 38.3 Å². The highest BCUT2D eigenvalue weighted by molar-refractivity contribution is 5.77. The van der Waals surface area contributed by atoms with Gasteiger partial charge in [-0.1, -0.05) is 27.7 Å². The molecule has 0 fully saturated rings. The monoisotopic (exact) mass is 201 g/mol. The lowest BCUT2D eigenvalue weighted by molar-refractivity contribution is -0.124. The third-order valence-corrected chi connectivity index (χ3v) is 1.74. The third kappa shape index (κ3) is 8.05. The fourth-order valence-corrected chi connectivity index (χ4v) is 0.909. The summed E-state index contributed by atoms with van der Waals surface area (Å²) in [6.45, 7) is 10.3. The number of rotatable bonds is 7. The van der Waals surface area contributed by atoms with Crippen LogP contribution in [0.25, 0.3) is 0 Å². The summed E-state index contributed by atoms with van der Waals surface area (Å²) in [7, 11) is 0. The predicted octanol–water partition coefficient (Wildman–Crippen LogP) is 1.82. The molecule has 0 heterocycles. The van der Waals surface area contributed by atoms with Gasteiger partial charge in [0.15, 0.2) is 0 Å². The van der Waals surface area contributed by atoms with Gasteiger partial charge < -0.3 is 10.1 Å². The van der Waals surface area contributed by atoms with Crippen molar-refractivity contribution in [3.05, 3.63) is 0 Å². The van der Waals surface area contributed by atoms with E-state index in [0.717, 1.165) is 26.2 Å². The Morgan fingerprint density at radius 1 is 1.29 bits per heavy atom. The number of ether oxygens (including phenoxy) is 1. The predicted molar refractivity (Wildman–Crippen MR) is 58.1 cm³/mol. The number of carbonyl (C=O) groups is 1. The van der Waals surface area contributed by atoms with Crippen molar-refractivity contribution in [3.63, 3.8) is 0 Å². The number of amides is 1. The molecule has 84 valence electrons. The van der Waals surface area contributed by atoms with Crippen molar-refractivity contribution < 1.29 is 9.53 Å². The van der Waals surface area contributed by atoms with Gasteiger partial charge in [-0.25, -0.2) is 0 Å². The maximum Gasteiger partial charge on any atom is 0.222 e. The van der Waals surface area contributed by atoms with Crippen LogP contribution in [0.2, 0.25) is 0 Å². The molecule has 0 aliphatic rings. The second-order valence-corrected chi connectivity index (χ2v) is 4.27. The van der Waals surface area contributed by atoms with E-state index in [1.54, 1.807) is 0 Å². The van der Waals surface area contributed by atoms with Gasteiger partial charge in [0.2, 0.25) is 5.91 Å². The highest BCUT2D eigenvalue weighted by Gasteiger charge is 2.04. The molecule has 0 bridgehead atoms. The van der Waals surface area contributed by atoms with E-state index in [4.69, 9.17) is 4.74 Å². The van der Waals surface area contributed by atoms with E-state index >= 15 is 0 Å². The Morgan fingerprint density at radius 2 is 1.93 bits per heavy atom. The molecule has 0 aliphatic heterocycles. The molecular formula is C11H23NO2. The Labute approximate surface area is 87.2 Å². The largest absolute Gasteiger partial charge is 0.381 e. The first-order valence-electron chi connectivity index (χ1n) is 5.39. The van der Waals surface area contributed by atoms with Crippen LogP contribution in [-0.2, 0) is 9.53 Å². The van der Waals surface area contributed by atoms with Crippen molar-refractivity contribution in [2.75, 3.05) is 19.8 Å². The second-order valence-electron chi connectivity index (χ2n) is 4.27. The first kappa shape index (κ1) is 13.4. The Kier molecular flexibility index (Phi) is 7.48. The minimum atomic E-state index is 0.0755. The zero-order chi connectivity index (χ0) is 11.0. The quantitative estimate of drug-likeness (QED) is 0.638. The van der Waals surface area contributed by atoms with Crippen molar-refractivity contribution in [2.24, 2.45) is 11.8 Å². The standard InChI is InChI=1S/C11H23NO2/c1-9(2)8-14-7-5-6-12-11(13)10(3)4/h9-10H,5-8H2,1-4H3,(H,12,13). The van der Waals surface area contributed by atoms with Gasteiger partial charge >= 0.3 is 0 Å². The van der Waals surface area contributed by atoms with E-state index in [0.29, 0.717) is 5.92 Å². The molecule has 1 amide bonds. The van der Waals surface area contributed by atoms with Gasteiger partial charge in [0.05, 0.1) is 0 Å². The molecule has 0 unspecified atom stereocenters. The SMILES string of the molecule is CC(C)COCCCNC(=O)C(C)C. The van der Waals surface area contributed by atoms with Crippen molar-refractivity contribution in [2.45, 2.75) is 34.1 Å². The van der Waals surface area contributed by atoms with Crippen LogP contribution >= 0.6 is 0 Å². The van der Waals surface area contributed by atoms with E-state index < -0.39 is 0 Å². The summed E-state index contributed by atoms with van der Waals surface area (Å²) in [4.78, 5) is 11.1. The molecule has 0 saturated heterocycles. The van der Waals surface area contributed by atoms with Gasteiger partial charge in [-0.15, -0.1) is 0 Å². The Balaban J connectivity index is 3.18. The molecule has 3 nitrogen and oxygen atoms in total. The van der Waals surface area contributed by atoms with Crippen molar-refractivity contribution >= 4 is 5.91 Å². The van der Waals surface area contributed by atoms with Crippen LogP contribution in [0, 0.1) is 11.8 Å². The van der Waals surface area contributed by atoms with Crippen molar-refractivity contribution in [1.29, 1.82) is 0 Å². The molecular weight excluding hydrogens is 178 g/mol. The van der Waals surface area contributed by atoms with Crippen LogP contribution in [0.5, 0.6) is 0 Å². The van der Waals surface area contributed by atoms with Gasteiger partial charge in [-0.05, 0) is 12.3 Å². The van der Waals surface area contributed by atoms with E-state index in [1.807, 2.05) is 13.8 Å². The first-order valence-corrected chi connectivity index (χ1v) is 5.39. The molecule has 0 rings (SSSR count). The number of carbonyl (C=O) groups excluding carboxylic acids is 1. The normalized spacial score (nSPS) is 11.0. The van der Waals surface area contributed by atoms with E-state index in [1.165, 1.54) is 0 Å². The molecule has 0 aromatic heterocycles. The summed E-state index contributed by atoms with van der Waals surface area (Å²) in [6.07, 6.45) is 0.894. The molecule has 14 heavy (non-hydrogen) atoms. The van der Waals surface area contributed by atoms with Crippen molar-refractivity contribution in [3.8, 4) is 0 Å². The second kappa shape index (κ2) is 7.80. The zero-order valence-electron chi connectivity index (χ0n) is 9.80. The van der Waals surface area contributed by atoms with Gasteiger partial charge in [0.1, 0.15) is 0 Å². The summed E-state index contributed by atoms with van der Waals surface area (Å²) in [6, 6.07) is 0. The molecule has 0 atom stereocenters. The minimum absolute atomic E-state index is 0.0755. The zero-order valence-corrected chi connectivity index (χ0v) is 9.80. The van der Waals surface area contributed by atoms with E-state index in [2.05, 4.69) is 19.2 Å². The first-order chi connectivity index (χ1) is 6.54. The smallest absolute Gasteiger partial charge is 0.222 e. The molecule has 0 aromatic carbocycles. The van der Waals surface area contributed by atoms with Gasteiger partial charge in [-0.2, -0.15) is 0 Å².